The molecule has 0 aliphatic carbocycles. The number of alkyl halides is 3. The Bertz CT molecular complexity index is 471. The molecule has 3 atom stereocenters. The van der Waals surface area contributed by atoms with Crippen LogP contribution in [0.4, 0.5) is 4.39 Å². The van der Waals surface area contributed by atoms with Gasteiger partial charge < -0.3 is 5.11 Å². The van der Waals surface area contributed by atoms with E-state index in [0.29, 0.717) is 11.3 Å². The van der Waals surface area contributed by atoms with Gasteiger partial charge in [-0.25, -0.2) is 4.39 Å². The maximum Gasteiger partial charge on any atom is 0.284 e. The summed E-state index contributed by atoms with van der Waals surface area (Å²) >= 11 is 10.6. The van der Waals surface area contributed by atoms with Gasteiger partial charge >= 0.3 is 0 Å². The molecule has 1 N–H and O–H groups in total. The maximum atomic E-state index is 13.5. The summed E-state index contributed by atoms with van der Waals surface area (Å²) in [5.74, 6) is 0. The third kappa shape index (κ3) is 4.85. The standard InChI is InChI=1S/C14H17Cl2FO2S/c1-3-4-5-12(13(18)14(15,16)17)20(19)11-8-6-10(2)7-9-11/h3,6-9,12-13,18H,1,4-5H2,2H3/t12-,13-,20?/m0/s1. The van der Waals surface area contributed by atoms with Gasteiger partial charge in [0.2, 0.25) is 0 Å². The average Bonchev–Trinajstić information content (AvgIpc) is 2.38. The van der Waals surface area contributed by atoms with Crippen molar-refractivity contribution in [3.8, 4) is 0 Å². The van der Waals surface area contributed by atoms with Gasteiger partial charge in [-0.2, -0.15) is 0 Å². The van der Waals surface area contributed by atoms with Crippen molar-refractivity contribution in [2.75, 3.05) is 0 Å². The second kappa shape index (κ2) is 7.55. The fraction of sp³-hybridized carbons (Fsp3) is 0.429. The molecular weight excluding hydrogens is 322 g/mol. The lowest BCUT2D eigenvalue weighted by atomic mass is 10.1. The van der Waals surface area contributed by atoms with Crippen LogP contribution in [0.25, 0.3) is 0 Å². The molecular formula is C14H17Cl2FO2S. The summed E-state index contributed by atoms with van der Waals surface area (Å²) in [6, 6.07) is 6.96. The van der Waals surface area contributed by atoms with Crippen LogP contribution in [-0.2, 0) is 10.8 Å². The summed E-state index contributed by atoms with van der Waals surface area (Å²) < 4.78 is 23.2. The van der Waals surface area contributed by atoms with Gasteiger partial charge in [-0.15, -0.1) is 6.58 Å². The van der Waals surface area contributed by atoms with Crippen LogP contribution >= 0.6 is 23.2 Å². The number of halogens is 3. The topological polar surface area (TPSA) is 37.3 Å². The molecule has 1 aromatic carbocycles. The summed E-state index contributed by atoms with van der Waals surface area (Å²) in [4.78, 5) is 0.501. The van der Waals surface area contributed by atoms with Crippen LogP contribution < -0.4 is 0 Å². The summed E-state index contributed by atoms with van der Waals surface area (Å²) in [6.07, 6.45) is 0.612. The molecule has 0 amide bonds. The zero-order chi connectivity index (χ0) is 15.3. The van der Waals surface area contributed by atoms with Crippen molar-refractivity contribution in [2.45, 2.75) is 40.6 Å². The Morgan fingerprint density at radius 3 is 2.45 bits per heavy atom. The van der Waals surface area contributed by atoms with Gasteiger partial charge in [0.05, 0.1) is 16.0 Å². The number of benzene rings is 1. The molecule has 1 aromatic rings. The lowest BCUT2D eigenvalue weighted by molar-refractivity contribution is 0.0920. The van der Waals surface area contributed by atoms with Gasteiger partial charge in [0.25, 0.3) is 4.59 Å². The van der Waals surface area contributed by atoms with E-state index in [4.69, 9.17) is 23.2 Å². The molecule has 0 aliphatic rings. The fourth-order valence-corrected chi connectivity index (χ4v) is 3.70. The molecule has 0 heterocycles. The minimum atomic E-state index is -2.84. The van der Waals surface area contributed by atoms with Crippen LogP contribution in [0.3, 0.4) is 0 Å². The first-order chi connectivity index (χ1) is 9.27. The SMILES string of the molecule is C=CCC[C@@H]([C@H](O)C(F)(Cl)Cl)S(=O)c1ccc(C)cc1. The van der Waals surface area contributed by atoms with Gasteiger partial charge in [-0.05, 0) is 31.9 Å². The first kappa shape index (κ1) is 17.6. The third-order valence-electron chi connectivity index (χ3n) is 2.87. The summed E-state index contributed by atoms with van der Waals surface area (Å²) in [5.41, 5.74) is 1.02. The lowest BCUT2D eigenvalue weighted by Crippen LogP contribution is -2.40. The number of aryl methyl sites for hydroxylation is 1. The van der Waals surface area contributed by atoms with Crippen molar-refractivity contribution < 1.29 is 13.7 Å². The predicted molar refractivity (Wildman–Crippen MR) is 82.4 cm³/mol. The van der Waals surface area contributed by atoms with E-state index in [-0.39, 0.29) is 6.42 Å². The Balaban J connectivity index is 3.00. The molecule has 1 rings (SSSR count). The lowest BCUT2D eigenvalue weighted by Gasteiger charge is -2.26. The van der Waals surface area contributed by atoms with Gasteiger partial charge in [0, 0.05) is 4.90 Å². The van der Waals surface area contributed by atoms with Crippen LogP contribution in [-0.4, -0.2) is 25.3 Å². The Kier molecular flexibility index (Phi) is 6.65. The van der Waals surface area contributed by atoms with E-state index in [2.05, 4.69) is 6.58 Å². The van der Waals surface area contributed by atoms with Crippen LogP contribution in [0.15, 0.2) is 41.8 Å². The number of hydrogen-bond acceptors (Lipinski definition) is 2. The normalized spacial score (nSPS) is 16.4. The molecule has 0 fully saturated rings. The fourth-order valence-electron chi connectivity index (χ4n) is 1.72. The van der Waals surface area contributed by atoms with E-state index in [1.54, 1.807) is 30.3 Å². The molecule has 6 heteroatoms. The Morgan fingerprint density at radius 1 is 1.45 bits per heavy atom. The minimum Gasteiger partial charge on any atom is -0.386 e. The predicted octanol–water partition coefficient (Wildman–Crippen LogP) is 3.90. The van der Waals surface area contributed by atoms with Crippen molar-refractivity contribution in [2.24, 2.45) is 0 Å². The number of aliphatic hydroxyl groups is 1. The Hall–Kier alpha value is -0.420. The summed E-state index contributed by atoms with van der Waals surface area (Å²) in [7, 11) is -1.61. The smallest absolute Gasteiger partial charge is 0.284 e. The molecule has 0 radical (unpaired) electrons. The monoisotopic (exact) mass is 338 g/mol. The van der Waals surface area contributed by atoms with Crippen LogP contribution in [0.5, 0.6) is 0 Å². The first-order valence-corrected chi connectivity index (χ1v) is 8.07. The molecule has 0 saturated heterocycles. The zero-order valence-corrected chi connectivity index (χ0v) is 13.4. The summed E-state index contributed by atoms with van der Waals surface area (Å²) in [6.45, 7) is 5.46. The highest BCUT2D eigenvalue weighted by atomic mass is 35.5. The number of aliphatic hydroxyl groups excluding tert-OH is 1. The van der Waals surface area contributed by atoms with Gasteiger partial charge in [0.15, 0.2) is 0 Å². The third-order valence-corrected chi connectivity index (χ3v) is 5.10. The van der Waals surface area contributed by atoms with E-state index < -0.39 is 26.7 Å². The highest BCUT2D eigenvalue weighted by molar-refractivity contribution is 7.85. The van der Waals surface area contributed by atoms with E-state index in [9.17, 15) is 13.7 Å². The molecule has 112 valence electrons. The van der Waals surface area contributed by atoms with Crippen molar-refractivity contribution in [1.82, 2.24) is 0 Å². The van der Waals surface area contributed by atoms with Crippen molar-refractivity contribution in [3.05, 3.63) is 42.5 Å². The van der Waals surface area contributed by atoms with Crippen LogP contribution in [0.2, 0.25) is 0 Å². The highest BCUT2D eigenvalue weighted by Crippen LogP contribution is 2.33. The highest BCUT2D eigenvalue weighted by Gasteiger charge is 2.41. The molecule has 0 spiro atoms. The quantitative estimate of drug-likeness (QED) is 0.604. The van der Waals surface area contributed by atoms with Gasteiger partial charge in [-0.1, -0.05) is 47.0 Å². The number of hydrogen-bond donors (Lipinski definition) is 1. The molecule has 20 heavy (non-hydrogen) atoms. The Morgan fingerprint density at radius 2 is 2.00 bits per heavy atom. The van der Waals surface area contributed by atoms with E-state index in [0.717, 1.165) is 5.56 Å². The van der Waals surface area contributed by atoms with E-state index >= 15 is 0 Å². The van der Waals surface area contributed by atoms with E-state index in [1.165, 1.54) is 0 Å². The average molecular weight is 339 g/mol. The molecule has 0 bridgehead atoms. The molecule has 0 aliphatic heterocycles. The molecule has 1 unspecified atom stereocenters. The second-order valence-corrected chi connectivity index (χ2v) is 7.47. The van der Waals surface area contributed by atoms with Crippen molar-refractivity contribution in [3.63, 3.8) is 0 Å². The summed E-state index contributed by atoms with van der Waals surface area (Å²) in [5, 5.41) is 8.99. The van der Waals surface area contributed by atoms with Crippen LogP contribution in [0.1, 0.15) is 18.4 Å². The largest absolute Gasteiger partial charge is 0.386 e. The molecule has 0 saturated carbocycles. The Labute approximate surface area is 131 Å². The minimum absolute atomic E-state index is 0.274. The first-order valence-electron chi connectivity index (χ1n) is 6.10. The van der Waals surface area contributed by atoms with Gasteiger partial charge in [0.1, 0.15) is 6.10 Å². The molecule has 2 nitrogen and oxygen atoms in total. The molecule has 0 aromatic heterocycles. The number of allylic oxidation sites excluding steroid dienone is 1. The maximum absolute atomic E-state index is 13.5. The second-order valence-electron chi connectivity index (χ2n) is 4.50. The van der Waals surface area contributed by atoms with Crippen LogP contribution in [0, 0.1) is 6.92 Å². The number of rotatable bonds is 7. The van der Waals surface area contributed by atoms with E-state index in [1.807, 2.05) is 6.92 Å². The zero-order valence-electron chi connectivity index (χ0n) is 11.1. The van der Waals surface area contributed by atoms with Crippen molar-refractivity contribution in [1.29, 1.82) is 0 Å². The van der Waals surface area contributed by atoms with Crippen molar-refractivity contribution >= 4 is 34.0 Å². The van der Waals surface area contributed by atoms with Gasteiger partial charge in [-0.3, -0.25) is 4.21 Å².